The maximum Gasteiger partial charge on any atom is 0.265 e. The Labute approximate surface area is 188 Å². The minimum absolute atomic E-state index is 0.112. The molecule has 0 unspecified atom stereocenters. The van der Waals surface area contributed by atoms with Gasteiger partial charge < -0.3 is 13.7 Å². The molecular weight excluding hydrogens is 428 g/mol. The number of fused-ring (bicyclic) bond motifs is 1. The largest absolute Gasteiger partial charge is 0.497 e. The average Bonchev–Trinajstić information content (AvgIpc) is 3.46. The fourth-order valence-electron chi connectivity index (χ4n) is 3.53. The van der Waals surface area contributed by atoms with Crippen LogP contribution in [0.25, 0.3) is 22.6 Å². The Morgan fingerprint density at radius 3 is 2.62 bits per heavy atom. The maximum absolute atomic E-state index is 13.4. The van der Waals surface area contributed by atoms with E-state index in [-0.39, 0.29) is 17.4 Å². The number of carbonyl (C=O) groups excluding carboxylic acids is 1. The van der Waals surface area contributed by atoms with Gasteiger partial charge in [0.05, 0.1) is 18.9 Å². The van der Waals surface area contributed by atoms with Gasteiger partial charge in [0.25, 0.3) is 5.89 Å². The third kappa shape index (κ3) is 3.74. The van der Waals surface area contributed by atoms with Gasteiger partial charge in [-0.2, -0.15) is 0 Å². The van der Waals surface area contributed by atoms with E-state index in [1.165, 1.54) is 6.20 Å². The zero-order valence-electron chi connectivity index (χ0n) is 17.0. The van der Waals surface area contributed by atoms with E-state index in [2.05, 4.69) is 15.0 Å². The van der Waals surface area contributed by atoms with E-state index in [1.54, 1.807) is 25.6 Å². The molecule has 0 N–H and O–H groups in total. The van der Waals surface area contributed by atoms with Crippen molar-refractivity contribution in [3.63, 3.8) is 0 Å². The number of rotatable bonds is 6. The van der Waals surface area contributed by atoms with Crippen molar-refractivity contribution in [3.8, 4) is 17.5 Å². The zero-order chi connectivity index (χ0) is 22.1. The molecule has 0 saturated carbocycles. The maximum atomic E-state index is 13.4. The molecule has 0 saturated heterocycles. The second-order valence-corrected chi connectivity index (χ2v) is 7.55. The van der Waals surface area contributed by atoms with Crippen molar-refractivity contribution in [1.29, 1.82) is 0 Å². The highest BCUT2D eigenvalue weighted by Crippen LogP contribution is 2.29. The third-order valence-electron chi connectivity index (χ3n) is 5.09. The second kappa shape index (κ2) is 8.28. The highest BCUT2D eigenvalue weighted by atomic mass is 35.5. The molecule has 0 fully saturated rings. The molecule has 8 heteroatoms. The number of halogens is 1. The molecule has 0 aliphatic heterocycles. The fourth-order valence-corrected chi connectivity index (χ4v) is 3.65. The third-order valence-corrected chi connectivity index (χ3v) is 5.34. The summed E-state index contributed by atoms with van der Waals surface area (Å²) in [6, 6.07) is 15.0. The summed E-state index contributed by atoms with van der Waals surface area (Å²) in [4.78, 5) is 25.8. The SMILES string of the molecule is COc1ccc2c(c1)c(C(=O)c1cnc(-c3ncccn3)o1)cn2Cc1ccc(Cl)cc1. The molecule has 32 heavy (non-hydrogen) atoms. The van der Waals surface area contributed by atoms with Crippen molar-refractivity contribution in [2.75, 3.05) is 7.11 Å². The predicted octanol–water partition coefficient (Wildman–Crippen LogP) is 5.03. The van der Waals surface area contributed by atoms with Crippen LogP contribution in [0.3, 0.4) is 0 Å². The van der Waals surface area contributed by atoms with E-state index in [0.29, 0.717) is 28.7 Å². The van der Waals surface area contributed by atoms with Gasteiger partial charge in [-0.05, 0) is 42.0 Å². The minimum atomic E-state index is -0.284. The van der Waals surface area contributed by atoms with E-state index in [9.17, 15) is 4.79 Å². The number of hydrogen-bond acceptors (Lipinski definition) is 6. The van der Waals surface area contributed by atoms with Crippen LogP contribution in [0.15, 0.2) is 77.7 Å². The van der Waals surface area contributed by atoms with Crippen LogP contribution >= 0.6 is 11.6 Å². The number of methoxy groups -OCH3 is 1. The molecule has 0 amide bonds. The monoisotopic (exact) mass is 444 g/mol. The van der Waals surface area contributed by atoms with Gasteiger partial charge in [0, 0.05) is 41.1 Å². The number of aromatic nitrogens is 4. The smallest absolute Gasteiger partial charge is 0.265 e. The van der Waals surface area contributed by atoms with Crippen LogP contribution < -0.4 is 4.74 Å². The number of nitrogens with zero attached hydrogens (tertiary/aromatic N) is 4. The molecule has 7 nitrogen and oxygen atoms in total. The van der Waals surface area contributed by atoms with E-state index in [4.69, 9.17) is 20.8 Å². The molecule has 5 rings (SSSR count). The molecule has 3 heterocycles. The number of carbonyl (C=O) groups is 1. The normalized spacial score (nSPS) is 11.1. The standard InChI is InChI=1S/C24H17ClN4O3/c1-31-17-7-8-20-18(11-17)19(14-29(20)13-15-3-5-16(25)6-4-15)22(30)21-12-28-24(32-21)23-26-9-2-10-27-23/h2-12,14H,13H2,1H3. The van der Waals surface area contributed by atoms with Gasteiger partial charge in [-0.25, -0.2) is 15.0 Å². The summed E-state index contributed by atoms with van der Waals surface area (Å²) in [6.45, 7) is 0.576. The lowest BCUT2D eigenvalue weighted by molar-refractivity contribution is 0.101. The first-order valence-corrected chi connectivity index (χ1v) is 10.2. The first-order chi connectivity index (χ1) is 15.6. The lowest BCUT2D eigenvalue weighted by Gasteiger charge is -2.06. The summed E-state index contributed by atoms with van der Waals surface area (Å²) < 4.78 is 13.1. The zero-order valence-corrected chi connectivity index (χ0v) is 17.8. The Morgan fingerprint density at radius 2 is 1.88 bits per heavy atom. The van der Waals surface area contributed by atoms with Crippen molar-refractivity contribution in [2.24, 2.45) is 0 Å². The Balaban J connectivity index is 1.56. The summed E-state index contributed by atoms with van der Waals surface area (Å²) in [5, 5.41) is 1.44. The Hall–Kier alpha value is -3.97. The lowest BCUT2D eigenvalue weighted by atomic mass is 10.1. The summed E-state index contributed by atoms with van der Waals surface area (Å²) in [6.07, 6.45) is 6.40. The molecular formula is C24H17ClN4O3. The summed E-state index contributed by atoms with van der Waals surface area (Å²) in [5.74, 6) is 0.996. The van der Waals surface area contributed by atoms with E-state index in [1.807, 2.05) is 53.2 Å². The molecule has 5 aromatic rings. The quantitative estimate of drug-likeness (QED) is 0.342. The Morgan fingerprint density at radius 1 is 1.09 bits per heavy atom. The van der Waals surface area contributed by atoms with Crippen LogP contribution in [-0.4, -0.2) is 32.4 Å². The van der Waals surface area contributed by atoms with Crippen LogP contribution in [0.4, 0.5) is 0 Å². The van der Waals surface area contributed by atoms with Crippen molar-refractivity contribution in [1.82, 2.24) is 19.5 Å². The second-order valence-electron chi connectivity index (χ2n) is 7.11. The predicted molar refractivity (Wildman–Crippen MR) is 120 cm³/mol. The van der Waals surface area contributed by atoms with Gasteiger partial charge in [0.1, 0.15) is 5.75 Å². The Kier molecular flexibility index (Phi) is 5.17. The highest BCUT2D eigenvalue weighted by molar-refractivity contribution is 6.30. The number of ether oxygens (including phenoxy) is 1. The van der Waals surface area contributed by atoms with Gasteiger partial charge >= 0.3 is 0 Å². The van der Waals surface area contributed by atoms with Gasteiger partial charge in [-0.3, -0.25) is 4.79 Å². The topological polar surface area (TPSA) is 83.0 Å². The van der Waals surface area contributed by atoms with Gasteiger partial charge in [-0.15, -0.1) is 0 Å². The first kappa shape index (κ1) is 20.0. The van der Waals surface area contributed by atoms with Crippen LogP contribution in [0.5, 0.6) is 5.75 Å². The van der Waals surface area contributed by atoms with Crippen molar-refractivity contribution < 1.29 is 13.9 Å². The minimum Gasteiger partial charge on any atom is -0.497 e. The van der Waals surface area contributed by atoms with Crippen molar-refractivity contribution >= 4 is 28.3 Å². The summed E-state index contributed by atoms with van der Waals surface area (Å²) in [7, 11) is 1.59. The molecule has 2 aromatic carbocycles. The number of hydrogen-bond donors (Lipinski definition) is 0. The molecule has 3 aromatic heterocycles. The number of benzene rings is 2. The molecule has 0 atom stereocenters. The molecule has 0 radical (unpaired) electrons. The molecule has 0 aliphatic rings. The van der Waals surface area contributed by atoms with Gasteiger partial charge in [0.15, 0.2) is 5.76 Å². The fraction of sp³-hybridized carbons (Fsp3) is 0.0833. The summed E-state index contributed by atoms with van der Waals surface area (Å²) >= 11 is 6.01. The number of ketones is 1. The Bertz CT molecular complexity index is 1410. The lowest BCUT2D eigenvalue weighted by Crippen LogP contribution is -2.00. The first-order valence-electron chi connectivity index (χ1n) is 9.81. The summed E-state index contributed by atoms with van der Waals surface area (Å²) in [5.41, 5.74) is 2.45. The van der Waals surface area contributed by atoms with Crippen molar-refractivity contribution in [2.45, 2.75) is 6.54 Å². The molecule has 0 spiro atoms. The van der Waals surface area contributed by atoms with Crippen LogP contribution in [0.1, 0.15) is 21.7 Å². The van der Waals surface area contributed by atoms with Crippen molar-refractivity contribution in [3.05, 3.63) is 95.2 Å². The molecule has 0 aliphatic carbocycles. The van der Waals surface area contributed by atoms with Gasteiger partial charge in [0.2, 0.25) is 11.6 Å². The average molecular weight is 445 g/mol. The van der Waals surface area contributed by atoms with Crippen LogP contribution in [-0.2, 0) is 6.54 Å². The molecule has 158 valence electrons. The number of oxazole rings is 1. The van der Waals surface area contributed by atoms with Gasteiger partial charge in [-0.1, -0.05) is 23.7 Å². The van der Waals surface area contributed by atoms with E-state index >= 15 is 0 Å². The highest BCUT2D eigenvalue weighted by Gasteiger charge is 2.22. The van der Waals surface area contributed by atoms with E-state index < -0.39 is 0 Å². The van der Waals surface area contributed by atoms with E-state index in [0.717, 1.165) is 16.5 Å². The van der Waals surface area contributed by atoms with Crippen LogP contribution in [0, 0.1) is 0 Å². The van der Waals surface area contributed by atoms with Crippen LogP contribution in [0.2, 0.25) is 5.02 Å². The molecule has 0 bridgehead atoms.